The summed E-state index contributed by atoms with van der Waals surface area (Å²) in [6.07, 6.45) is 1.45. The first kappa shape index (κ1) is 7.59. The Morgan fingerprint density at radius 1 is 1.82 bits per heavy atom. The van der Waals surface area contributed by atoms with Crippen LogP contribution in [0, 0.1) is 0 Å². The van der Waals surface area contributed by atoms with Crippen molar-refractivity contribution in [2.75, 3.05) is 12.4 Å². The molecule has 0 aliphatic heterocycles. The predicted molar refractivity (Wildman–Crippen MR) is 39.7 cm³/mol. The third-order valence-corrected chi connectivity index (χ3v) is 1.30. The zero-order valence-electron chi connectivity index (χ0n) is 6.33. The minimum atomic E-state index is -0.970. The highest BCUT2D eigenvalue weighted by atomic mass is 16.4. The van der Waals surface area contributed by atoms with Crippen molar-refractivity contribution in [3.05, 3.63) is 11.8 Å². The van der Waals surface area contributed by atoms with Crippen molar-refractivity contribution >= 4 is 11.8 Å². The molecule has 1 heterocycles. The molecule has 0 bridgehead atoms. The van der Waals surface area contributed by atoms with Crippen LogP contribution in [-0.2, 0) is 7.05 Å². The van der Waals surface area contributed by atoms with E-state index in [1.54, 1.807) is 14.1 Å². The van der Waals surface area contributed by atoms with E-state index in [1.807, 2.05) is 0 Å². The molecule has 0 fully saturated rings. The van der Waals surface area contributed by atoms with E-state index in [-0.39, 0.29) is 5.56 Å². The van der Waals surface area contributed by atoms with Crippen LogP contribution in [0.1, 0.15) is 10.4 Å². The van der Waals surface area contributed by atoms with Crippen LogP contribution in [0.15, 0.2) is 6.20 Å². The fraction of sp³-hybridized carbons (Fsp3) is 0.333. The minimum Gasteiger partial charge on any atom is -0.477 e. The number of anilines is 1. The summed E-state index contributed by atoms with van der Waals surface area (Å²) in [5.74, 6) is -0.581. The van der Waals surface area contributed by atoms with Crippen molar-refractivity contribution in [2.45, 2.75) is 0 Å². The first-order valence-electron chi connectivity index (χ1n) is 3.10. The molecule has 0 saturated heterocycles. The van der Waals surface area contributed by atoms with Gasteiger partial charge in [0.1, 0.15) is 5.56 Å². The molecule has 1 aromatic heterocycles. The second-order valence-electron chi connectivity index (χ2n) is 2.12. The minimum absolute atomic E-state index is 0.190. The zero-order chi connectivity index (χ0) is 8.43. The number of carboxylic acid groups (broad SMARTS) is 1. The molecule has 0 radical (unpaired) electrons. The van der Waals surface area contributed by atoms with E-state index in [0.29, 0.717) is 5.82 Å². The number of nitrogens with zero attached hydrogens (tertiary/aromatic N) is 2. The van der Waals surface area contributed by atoms with Gasteiger partial charge in [0, 0.05) is 20.3 Å². The van der Waals surface area contributed by atoms with Gasteiger partial charge in [0.05, 0.1) is 0 Å². The molecule has 60 valence electrons. The fourth-order valence-electron chi connectivity index (χ4n) is 0.830. The lowest BCUT2D eigenvalue weighted by molar-refractivity contribution is 0.0698. The lowest BCUT2D eigenvalue weighted by atomic mass is 10.3. The maximum Gasteiger partial charge on any atom is 0.341 e. The van der Waals surface area contributed by atoms with Crippen LogP contribution in [0.25, 0.3) is 0 Å². The predicted octanol–water partition coefficient (Wildman–Crippen LogP) is 0.160. The van der Waals surface area contributed by atoms with Gasteiger partial charge in [-0.05, 0) is 0 Å². The van der Waals surface area contributed by atoms with Gasteiger partial charge >= 0.3 is 5.97 Å². The van der Waals surface area contributed by atoms with Crippen LogP contribution in [-0.4, -0.2) is 27.9 Å². The average molecular weight is 155 g/mol. The maximum absolute atomic E-state index is 10.5. The maximum atomic E-state index is 10.5. The lowest BCUT2D eigenvalue weighted by Crippen LogP contribution is -1.99. The summed E-state index contributed by atoms with van der Waals surface area (Å²) in [5.41, 5.74) is 0.190. The number of nitrogens with one attached hydrogen (secondary N) is 1. The second kappa shape index (κ2) is 2.61. The van der Waals surface area contributed by atoms with Gasteiger partial charge in [-0.2, -0.15) is 5.10 Å². The molecule has 2 N–H and O–H groups in total. The van der Waals surface area contributed by atoms with Crippen molar-refractivity contribution in [3.8, 4) is 0 Å². The van der Waals surface area contributed by atoms with Gasteiger partial charge in [-0.15, -0.1) is 0 Å². The Kier molecular flexibility index (Phi) is 1.80. The summed E-state index contributed by atoms with van der Waals surface area (Å²) in [6.45, 7) is 0. The number of carbonyl (C=O) groups is 1. The first-order chi connectivity index (χ1) is 5.15. The Morgan fingerprint density at radius 2 is 2.45 bits per heavy atom. The van der Waals surface area contributed by atoms with Gasteiger partial charge in [-0.3, -0.25) is 4.68 Å². The van der Waals surface area contributed by atoms with Crippen molar-refractivity contribution in [2.24, 2.45) is 7.05 Å². The zero-order valence-corrected chi connectivity index (χ0v) is 6.33. The van der Waals surface area contributed by atoms with E-state index in [4.69, 9.17) is 5.11 Å². The van der Waals surface area contributed by atoms with Crippen LogP contribution in [0.5, 0.6) is 0 Å². The molecule has 11 heavy (non-hydrogen) atoms. The highest BCUT2D eigenvalue weighted by molar-refractivity contribution is 5.92. The Labute approximate surface area is 63.6 Å². The van der Waals surface area contributed by atoms with Gasteiger partial charge in [0.25, 0.3) is 0 Å². The molecular weight excluding hydrogens is 146 g/mol. The average Bonchev–Trinajstić information content (AvgIpc) is 2.30. The van der Waals surface area contributed by atoms with Gasteiger partial charge in [-0.1, -0.05) is 0 Å². The Bertz CT molecular complexity index is 279. The standard InChI is InChI=1S/C6H9N3O2/c1-7-5-4(6(10)11)3-9(2)8-5/h3H,1-2H3,(H,7,8)(H,10,11). The molecule has 0 unspecified atom stereocenters. The normalized spacial score (nSPS) is 9.64. The summed E-state index contributed by atoms with van der Waals surface area (Å²) in [6, 6.07) is 0. The van der Waals surface area contributed by atoms with E-state index in [9.17, 15) is 4.79 Å². The Hall–Kier alpha value is -1.52. The third kappa shape index (κ3) is 1.31. The third-order valence-electron chi connectivity index (χ3n) is 1.30. The summed E-state index contributed by atoms with van der Waals surface area (Å²) in [7, 11) is 3.31. The molecule has 0 amide bonds. The van der Waals surface area contributed by atoms with E-state index < -0.39 is 5.97 Å². The van der Waals surface area contributed by atoms with Crippen molar-refractivity contribution in [3.63, 3.8) is 0 Å². The van der Waals surface area contributed by atoms with Gasteiger partial charge in [0.15, 0.2) is 5.82 Å². The molecule has 1 aromatic rings. The first-order valence-corrected chi connectivity index (χ1v) is 3.10. The summed E-state index contributed by atoms with van der Waals surface area (Å²) in [5, 5.41) is 15.2. The molecule has 0 aliphatic carbocycles. The summed E-state index contributed by atoms with van der Waals surface area (Å²) in [4.78, 5) is 10.5. The number of aromatic carboxylic acids is 1. The fourth-order valence-corrected chi connectivity index (χ4v) is 0.830. The SMILES string of the molecule is CNc1nn(C)cc1C(=O)O. The van der Waals surface area contributed by atoms with Crippen molar-refractivity contribution in [1.29, 1.82) is 0 Å². The molecule has 0 spiro atoms. The molecule has 1 rings (SSSR count). The molecule has 5 nitrogen and oxygen atoms in total. The van der Waals surface area contributed by atoms with Crippen LogP contribution in [0.4, 0.5) is 5.82 Å². The number of aryl methyl sites for hydroxylation is 1. The highest BCUT2D eigenvalue weighted by Gasteiger charge is 2.11. The van der Waals surface area contributed by atoms with Gasteiger partial charge in [0.2, 0.25) is 0 Å². The smallest absolute Gasteiger partial charge is 0.341 e. The van der Waals surface area contributed by atoms with E-state index >= 15 is 0 Å². The summed E-state index contributed by atoms with van der Waals surface area (Å²) >= 11 is 0. The largest absolute Gasteiger partial charge is 0.477 e. The molecule has 0 atom stereocenters. The molecule has 0 aliphatic rings. The number of aromatic nitrogens is 2. The van der Waals surface area contributed by atoms with Crippen LogP contribution < -0.4 is 5.32 Å². The quantitative estimate of drug-likeness (QED) is 0.638. The van der Waals surface area contributed by atoms with E-state index in [1.165, 1.54) is 10.9 Å². The van der Waals surface area contributed by atoms with E-state index in [0.717, 1.165) is 0 Å². The van der Waals surface area contributed by atoms with Gasteiger partial charge in [-0.25, -0.2) is 4.79 Å². The van der Waals surface area contributed by atoms with E-state index in [2.05, 4.69) is 10.4 Å². The van der Waals surface area contributed by atoms with Crippen molar-refractivity contribution < 1.29 is 9.90 Å². The molecule has 0 saturated carbocycles. The molecule has 5 heteroatoms. The number of rotatable bonds is 2. The van der Waals surface area contributed by atoms with Gasteiger partial charge < -0.3 is 10.4 Å². The lowest BCUT2D eigenvalue weighted by Gasteiger charge is -1.92. The Balaban J connectivity index is 3.12. The summed E-state index contributed by atoms with van der Waals surface area (Å²) < 4.78 is 1.45. The van der Waals surface area contributed by atoms with Crippen LogP contribution >= 0.6 is 0 Å². The van der Waals surface area contributed by atoms with Crippen LogP contribution in [0.2, 0.25) is 0 Å². The number of carboxylic acids is 1. The number of hydrogen-bond acceptors (Lipinski definition) is 3. The molecule has 0 aromatic carbocycles. The second-order valence-corrected chi connectivity index (χ2v) is 2.12. The Morgan fingerprint density at radius 3 is 2.82 bits per heavy atom. The van der Waals surface area contributed by atoms with Crippen LogP contribution in [0.3, 0.4) is 0 Å². The highest BCUT2D eigenvalue weighted by Crippen LogP contribution is 2.10. The van der Waals surface area contributed by atoms with Crippen molar-refractivity contribution in [1.82, 2.24) is 9.78 Å². The molecular formula is C6H9N3O2. The monoisotopic (exact) mass is 155 g/mol. The topological polar surface area (TPSA) is 67.2 Å². The number of hydrogen-bond donors (Lipinski definition) is 2.